The highest BCUT2D eigenvalue weighted by Gasteiger charge is 2.25. The van der Waals surface area contributed by atoms with Crippen LogP contribution in [0, 0.1) is 5.92 Å². The molecule has 1 aliphatic carbocycles. The second kappa shape index (κ2) is 5.12. The van der Waals surface area contributed by atoms with E-state index in [9.17, 15) is 4.79 Å². The molecule has 1 unspecified atom stereocenters. The molecule has 0 radical (unpaired) electrons. The Labute approximate surface area is 118 Å². The lowest BCUT2D eigenvalue weighted by Gasteiger charge is -2.32. The van der Waals surface area contributed by atoms with Crippen LogP contribution in [0.4, 0.5) is 5.82 Å². The molecular weight excluding hydrogens is 250 g/mol. The molecule has 0 saturated heterocycles. The summed E-state index contributed by atoms with van der Waals surface area (Å²) in [5, 5.41) is 3.94. The van der Waals surface area contributed by atoms with Crippen LogP contribution in [0.3, 0.4) is 0 Å². The fourth-order valence-electron chi connectivity index (χ4n) is 2.73. The predicted octanol–water partition coefficient (Wildman–Crippen LogP) is 2.74. The van der Waals surface area contributed by atoms with Crippen molar-refractivity contribution in [2.75, 3.05) is 5.73 Å². The van der Waals surface area contributed by atoms with Crippen LogP contribution in [-0.4, -0.2) is 16.9 Å². The third-order valence-electron chi connectivity index (χ3n) is 4.20. The molecule has 0 aliphatic heterocycles. The van der Waals surface area contributed by atoms with E-state index in [4.69, 9.17) is 5.73 Å². The fraction of sp³-hybridized carbons (Fsp3) is 0.375. The molecule has 1 heterocycles. The lowest BCUT2D eigenvalue weighted by Crippen LogP contribution is -2.40. The van der Waals surface area contributed by atoms with E-state index in [1.165, 1.54) is 19.3 Å². The van der Waals surface area contributed by atoms with Gasteiger partial charge in [-0.2, -0.15) is 0 Å². The Hall–Kier alpha value is -2.10. The second-order valence-corrected chi connectivity index (χ2v) is 5.56. The molecule has 1 aromatic heterocycles. The Morgan fingerprint density at radius 2 is 2.15 bits per heavy atom. The van der Waals surface area contributed by atoms with Gasteiger partial charge in [0.15, 0.2) is 0 Å². The number of fused-ring (bicyclic) bond motifs is 1. The average Bonchev–Trinajstić information content (AvgIpc) is 2.35. The van der Waals surface area contributed by atoms with Crippen molar-refractivity contribution in [3.05, 3.63) is 35.9 Å². The number of anilines is 1. The summed E-state index contributed by atoms with van der Waals surface area (Å²) < 4.78 is 0. The molecule has 104 valence electrons. The summed E-state index contributed by atoms with van der Waals surface area (Å²) >= 11 is 0. The minimum absolute atomic E-state index is 0.0605. The summed E-state index contributed by atoms with van der Waals surface area (Å²) in [5.74, 6) is 0.934. The highest BCUT2D eigenvalue weighted by atomic mass is 16.1. The zero-order valence-corrected chi connectivity index (χ0v) is 11.6. The molecule has 1 aromatic carbocycles. The second-order valence-electron chi connectivity index (χ2n) is 5.56. The Morgan fingerprint density at radius 1 is 1.40 bits per heavy atom. The molecule has 4 nitrogen and oxygen atoms in total. The van der Waals surface area contributed by atoms with E-state index < -0.39 is 0 Å². The molecule has 2 aromatic rings. The Kier molecular flexibility index (Phi) is 3.30. The molecule has 20 heavy (non-hydrogen) atoms. The number of aromatic nitrogens is 1. The summed E-state index contributed by atoms with van der Waals surface area (Å²) in [6, 6.07) is 9.46. The number of benzene rings is 1. The van der Waals surface area contributed by atoms with Crippen molar-refractivity contribution in [3.63, 3.8) is 0 Å². The van der Waals surface area contributed by atoms with Gasteiger partial charge >= 0.3 is 0 Å². The van der Waals surface area contributed by atoms with E-state index in [0.29, 0.717) is 17.3 Å². The number of nitrogen functional groups attached to an aromatic ring is 1. The standard InChI is InChI=1S/C16H19N3O/c1-10(11-5-4-6-11)18-16(20)13-9-15(17)19-14-8-3-2-7-12(13)14/h2-3,7-11H,4-6H2,1H3,(H2,17,19)(H,18,20). The Bertz CT molecular complexity index is 649. The van der Waals surface area contributed by atoms with E-state index in [-0.39, 0.29) is 11.9 Å². The number of hydrogen-bond acceptors (Lipinski definition) is 3. The number of nitrogens with one attached hydrogen (secondary N) is 1. The average molecular weight is 269 g/mol. The molecule has 1 fully saturated rings. The summed E-state index contributed by atoms with van der Waals surface area (Å²) in [5.41, 5.74) is 7.17. The van der Waals surface area contributed by atoms with Crippen molar-refractivity contribution in [2.24, 2.45) is 5.92 Å². The van der Waals surface area contributed by atoms with Gasteiger partial charge in [0.1, 0.15) is 5.82 Å². The zero-order valence-electron chi connectivity index (χ0n) is 11.6. The first kappa shape index (κ1) is 12.9. The molecule has 3 N–H and O–H groups in total. The van der Waals surface area contributed by atoms with Crippen LogP contribution in [0.2, 0.25) is 0 Å². The number of nitrogens with zero attached hydrogens (tertiary/aromatic N) is 1. The Morgan fingerprint density at radius 3 is 2.85 bits per heavy atom. The highest BCUT2D eigenvalue weighted by molar-refractivity contribution is 6.06. The SMILES string of the molecule is CC(NC(=O)c1cc(N)nc2ccccc12)C1CCC1. The van der Waals surface area contributed by atoms with Crippen molar-refractivity contribution < 1.29 is 4.79 Å². The van der Waals surface area contributed by atoms with E-state index in [2.05, 4.69) is 17.2 Å². The summed E-state index contributed by atoms with van der Waals surface area (Å²) in [4.78, 5) is 16.7. The van der Waals surface area contributed by atoms with Gasteiger partial charge in [0.2, 0.25) is 0 Å². The molecule has 4 heteroatoms. The molecule has 1 atom stereocenters. The molecule has 1 saturated carbocycles. The van der Waals surface area contributed by atoms with Crippen LogP contribution in [0.1, 0.15) is 36.5 Å². The maximum absolute atomic E-state index is 12.5. The lowest BCUT2D eigenvalue weighted by molar-refractivity contribution is 0.0911. The number of pyridine rings is 1. The minimum atomic E-state index is -0.0605. The van der Waals surface area contributed by atoms with Gasteiger partial charge in [-0.3, -0.25) is 4.79 Å². The number of para-hydroxylation sites is 1. The van der Waals surface area contributed by atoms with Gasteiger partial charge in [-0.1, -0.05) is 24.6 Å². The van der Waals surface area contributed by atoms with Crippen LogP contribution in [-0.2, 0) is 0 Å². The minimum Gasteiger partial charge on any atom is -0.384 e. The first-order valence-electron chi connectivity index (χ1n) is 7.11. The van der Waals surface area contributed by atoms with Crippen molar-refractivity contribution in [1.82, 2.24) is 10.3 Å². The molecular formula is C16H19N3O. The van der Waals surface area contributed by atoms with Crippen LogP contribution >= 0.6 is 0 Å². The number of rotatable bonds is 3. The molecule has 3 rings (SSSR count). The maximum Gasteiger partial charge on any atom is 0.252 e. The van der Waals surface area contributed by atoms with Gasteiger partial charge in [0.05, 0.1) is 11.1 Å². The maximum atomic E-state index is 12.5. The van der Waals surface area contributed by atoms with Gasteiger partial charge < -0.3 is 11.1 Å². The van der Waals surface area contributed by atoms with Gasteiger partial charge in [0.25, 0.3) is 5.91 Å². The van der Waals surface area contributed by atoms with E-state index in [1.807, 2.05) is 24.3 Å². The normalized spacial score (nSPS) is 16.6. The van der Waals surface area contributed by atoms with E-state index >= 15 is 0 Å². The largest absolute Gasteiger partial charge is 0.384 e. The van der Waals surface area contributed by atoms with Crippen LogP contribution < -0.4 is 11.1 Å². The molecule has 0 spiro atoms. The van der Waals surface area contributed by atoms with Gasteiger partial charge in [-0.05, 0) is 37.8 Å². The number of carbonyl (C=O) groups excluding carboxylic acids is 1. The first-order valence-corrected chi connectivity index (χ1v) is 7.11. The highest BCUT2D eigenvalue weighted by Crippen LogP contribution is 2.29. The number of nitrogens with two attached hydrogens (primary N) is 1. The van der Waals surface area contributed by atoms with Crippen molar-refractivity contribution in [2.45, 2.75) is 32.2 Å². The van der Waals surface area contributed by atoms with Gasteiger partial charge in [-0.25, -0.2) is 4.98 Å². The van der Waals surface area contributed by atoms with Crippen molar-refractivity contribution >= 4 is 22.6 Å². The van der Waals surface area contributed by atoms with Crippen LogP contribution in [0.5, 0.6) is 0 Å². The van der Waals surface area contributed by atoms with Crippen LogP contribution in [0.25, 0.3) is 10.9 Å². The van der Waals surface area contributed by atoms with Crippen LogP contribution in [0.15, 0.2) is 30.3 Å². The monoisotopic (exact) mass is 269 g/mol. The quantitative estimate of drug-likeness (QED) is 0.900. The zero-order chi connectivity index (χ0) is 14.1. The fourth-order valence-corrected chi connectivity index (χ4v) is 2.73. The molecule has 1 aliphatic rings. The van der Waals surface area contributed by atoms with Gasteiger partial charge in [0, 0.05) is 11.4 Å². The lowest BCUT2D eigenvalue weighted by atomic mass is 9.80. The molecule has 0 bridgehead atoms. The topological polar surface area (TPSA) is 68.0 Å². The molecule has 1 amide bonds. The predicted molar refractivity (Wildman–Crippen MR) is 80.4 cm³/mol. The van der Waals surface area contributed by atoms with Crippen molar-refractivity contribution in [1.29, 1.82) is 0 Å². The van der Waals surface area contributed by atoms with Crippen molar-refractivity contribution in [3.8, 4) is 0 Å². The smallest absolute Gasteiger partial charge is 0.252 e. The van der Waals surface area contributed by atoms with E-state index in [0.717, 1.165) is 10.9 Å². The van der Waals surface area contributed by atoms with Gasteiger partial charge in [-0.15, -0.1) is 0 Å². The Balaban J connectivity index is 1.90. The number of carbonyl (C=O) groups is 1. The third-order valence-corrected chi connectivity index (χ3v) is 4.20. The number of amides is 1. The summed E-state index contributed by atoms with van der Waals surface area (Å²) in [6.45, 7) is 2.08. The van der Waals surface area contributed by atoms with E-state index in [1.54, 1.807) is 6.07 Å². The first-order chi connectivity index (χ1) is 9.65. The summed E-state index contributed by atoms with van der Waals surface area (Å²) in [6.07, 6.45) is 3.69. The number of hydrogen-bond donors (Lipinski definition) is 2. The third kappa shape index (κ3) is 2.33. The summed E-state index contributed by atoms with van der Waals surface area (Å²) in [7, 11) is 0.